The Morgan fingerprint density at radius 3 is 2.39 bits per heavy atom. The van der Waals surface area contributed by atoms with Crippen LogP contribution in [0.4, 0.5) is 5.69 Å². The molecule has 0 atom stereocenters. The molecule has 0 spiro atoms. The highest BCUT2D eigenvalue weighted by atomic mass is 127. The summed E-state index contributed by atoms with van der Waals surface area (Å²) in [4.78, 5) is 23.0. The monoisotopic (exact) mass is 563 g/mol. The van der Waals surface area contributed by atoms with E-state index in [1.54, 1.807) is 7.11 Å². The molecule has 2 aromatic rings. The number of benzene rings is 2. The number of hydrogen-bond donors (Lipinski definition) is 1. The molecule has 0 bridgehead atoms. The van der Waals surface area contributed by atoms with Crippen LogP contribution in [-0.2, 0) is 17.9 Å². The zero-order valence-electron chi connectivity index (χ0n) is 19.5. The van der Waals surface area contributed by atoms with Gasteiger partial charge in [0.05, 0.1) is 7.11 Å². The van der Waals surface area contributed by atoms with E-state index in [9.17, 15) is 4.79 Å². The molecule has 0 unspecified atom stereocenters. The number of guanidine groups is 1. The molecule has 0 radical (unpaired) electrons. The van der Waals surface area contributed by atoms with Gasteiger partial charge in [-0.1, -0.05) is 30.3 Å². The van der Waals surface area contributed by atoms with E-state index in [2.05, 4.69) is 56.5 Å². The molecule has 8 heteroatoms. The fourth-order valence-corrected chi connectivity index (χ4v) is 4.35. The van der Waals surface area contributed by atoms with Crippen LogP contribution in [0.15, 0.2) is 53.5 Å². The lowest BCUT2D eigenvalue weighted by molar-refractivity contribution is -0.128. The van der Waals surface area contributed by atoms with Crippen molar-refractivity contribution >= 4 is 41.5 Å². The quantitative estimate of drug-likeness (QED) is 0.332. The van der Waals surface area contributed by atoms with Crippen molar-refractivity contribution in [3.63, 3.8) is 0 Å². The molecule has 4 rings (SSSR count). The van der Waals surface area contributed by atoms with E-state index in [0.29, 0.717) is 13.0 Å². The highest BCUT2D eigenvalue weighted by molar-refractivity contribution is 14.0. The summed E-state index contributed by atoms with van der Waals surface area (Å²) in [5, 5.41) is 3.50. The summed E-state index contributed by atoms with van der Waals surface area (Å²) in [7, 11) is 3.54. The smallest absolute Gasteiger partial charge is 0.222 e. The molecule has 2 saturated heterocycles. The fraction of sp³-hybridized carbons (Fsp3) is 0.440. The van der Waals surface area contributed by atoms with Crippen LogP contribution in [0.3, 0.4) is 0 Å². The lowest BCUT2D eigenvalue weighted by atomic mass is 10.1. The van der Waals surface area contributed by atoms with Crippen molar-refractivity contribution in [2.45, 2.75) is 25.9 Å². The molecule has 0 saturated carbocycles. The standard InChI is InChI=1S/C25H33N5O2.HI/c1-26-25(29-15-13-28(14-16-29)22-5-3-6-23(17-22)32-2)27-18-20-8-10-21(11-9-20)19-30-12-4-7-24(30)31;/h3,5-6,8-11,17H,4,7,12-16,18-19H2,1-2H3,(H,26,27);1H. The van der Waals surface area contributed by atoms with Gasteiger partial charge in [-0.05, 0) is 29.7 Å². The highest BCUT2D eigenvalue weighted by Gasteiger charge is 2.21. The van der Waals surface area contributed by atoms with E-state index in [-0.39, 0.29) is 29.9 Å². The van der Waals surface area contributed by atoms with Gasteiger partial charge in [-0.2, -0.15) is 0 Å². The van der Waals surface area contributed by atoms with Gasteiger partial charge in [0.15, 0.2) is 5.96 Å². The topological polar surface area (TPSA) is 60.4 Å². The Kier molecular flexibility index (Phi) is 9.22. The van der Waals surface area contributed by atoms with Crippen LogP contribution in [0.1, 0.15) is 24.0 Å². The van der Waals surface area contributed by atoms with Crippen LogP contribution < -0.4 is 15.0 Å². The summed E-state index contributed by atoms with van der Waals surface area (Å²) in [5.74, 6) is 2.09. The molecule has 0 aromatic heterocycles. The van der Waals surface area contributed by atoms with Crippen molar-refractivity contribution in [1.82, 2.24) is 15.1 Å². The van der Waals surface area contributed by atoms with Gasteiger partial charge in [-0.3, -0.25) is 9.79 Å². The van der Waals surface area contributed by atoms with Gasteiger partial charge in [0.1, 0.15) is 5.75 Å². The highest BCUT2D eigenvalue weighted by Crippen LogP contribution is 2.22. The van der Waals surface area contributed by atoms with Crippen LogP contribution in [0, 0.1) is 0 Å². The molecule has 7 nitrogen and oxygen atoms in total. The number of methoxy groups -OCH3 is 1. The predicted octanol–water partition coefficient (Wildman–Crippen LogP) is 3.33. The van der Waals surface area contributed by atoms with Crippen molar-refractivity contribution in [3.8, 4) is 5.75 Å². The zero-order chi connectivity index (χ0) is 22.3. The minimum Gasteiger partial charge on any atom is -0.497 e. The molecule has 2 fully saturated rings. The number of aliphatic imine (C=N–C) groups is 1. The van der Waals surface area contributed by atoms with Gasteiger partial charge in [0.25, 0.3) is 0 Å². The van der Waals surface area contributed by atoms with Crippen molar-refractivity contribution in [3.05, 3.63) is 59.7 Å². The summed E-state index contributed by atoms with van der Waals surface area (Å²) >= 11 is 0. The molecule has 178 valence electrons. The number of anilines is 1. The van der Waals surface area contributed by atoms with Crippen molar-refractivity contribution in [2.24, 2.45) is 4.99 Å². The van der Waals surface area contributed by atoms with E-state index < -0.39 is 0 Å². The molecule has 1 N–H and O–H groups in total. The van der Waals surface area contributed by atoms with E-state index >= 15 is 0 Å². The maximum absolute atomic E-state index is 11.8. The number of carbonyl (C=O) groups excluding carboxylic acids is 1. The second kappa shape index (κ2) is 12.1. The van der Waals surface area contributed by atoms with Crippen LogP contribution in [0.2, 0.25) is 0 Å². The van der Waals surface area contributed by atoms with Crippen LogP contribution in [-0.4, -0.2) is 68.5 Å². The summed E-state index contributed by atoms with van der Waals surface area (Å²) in [6, 6.07) is 16.8. The number of nitrogens with zero attached hydrogens (tertiary/aromatic N) is 4. The number of rotatable bonds is 6. The van der Waals surface area contributed by atoms with Crippen LogP contribution in [0.5, 0.6) is 5.75 Å². The van der Waals surface area contributed by atoms with Crippen LogP contribution >= 0.6 is 24.0 Å². The Morgan fingerprint density at radius 2 is 1.76 bits per heavy atom. The van der Waals surface area contributed by atoms with Crippen molar-refractivity contribution < 1.29 is 9.53 Å². The Hall–Kier alpha value is -2.49. The first-order chi connectivity index (χ1) is 15.7. The predicted molar refractivity (Wildman–Crippen MR) is 143 cm³/mol. The molecule has 1 amide bonds. The summed E-state index contributed by atoms with van der Waals surface area (Å²) in [5.41, 5.74) is 3.59. The lowest BCUT2D eigenvalue weighted by Gasteiger charge is -2.37. The molecule has 2 aliphatic rings. The number of hydrogen-bond acceptors (Lipinski definition) is 4. The Labute approximate surface area is 213 Å². The second-order valence-electron chi connectivity index (χ2n) is 8.31. The number of carbonyl (C=O) groups is 1. The number of piperazine rings is 1. The first-order valence-corrected chi connectivity index (χ1v) is 11.4. The van der Waals surface area contributed by atoms with E-state index in [0.717, 1.165) is 57.4 Å². The molecule has 2 aromatic carbocycles. The molecule has 2 heterocycles. The van der Waals surface area contributed by atoms with Gasteiger partial charge < -0.3 is 24.8 Å². The number of likely N-dealkylation sites (tertiary alicyclic amines) is 1. The van der Waals surface area contributed by atoms with E-state index in [1.165, 1.54) is 16.8 Å². The largest absolute Gasteiger partial charge is 0.497 e. The first-order valence-electron chi connectivity index (χ1n) is 11.4. The summed E-state index contributed by atoms with van der Waals surface area (Å²) < 4.78 is 5.36. The molecular weight excluding hydrogens is 529 g/mol. The minimum atomic E-state index is 0. The normalized spacial score (nSPS) is 16.6. The van der Waals surface area contributed by atoms with Gasteiger partial charge in [-0.25, -0.2) is 0 Å². The average Bonchev–Trinajstić information content (AvgIpc) is 3.25. The Morgan fingerprint density at radius 1 is 1.03 bits per heavy atom. The first kappa shape index (κ1) is 25.1. The fourth-order valence-electron chi connectivity index (χ4n) is 4.35. The molecule has 2 aliphatic heterocycles. The van der Waals surface area contributed by atoms with Crippen LogP contribution in [0.25, 0.3) is 0 Å². The second-order valence-corrected chi connectivity index (χ2v) is 8.31. The number of halogens is 1. The van der Waals surface area contributed by atoms with Crippen molar-refractivity contribution in [1.29, 1.82) is 0 Å². The number of amides is 1. The Bertz CT molecular complexity index is 942. The number of ether oxygens (including phenoxy) is 1. The lowest BCUT2D eigenvalue weighted by Crippen LogP contribution is -2.52. The summed E-state index contributed by atoms with van der Waals surface area (Å²) in [6.45, 7) is 6.04. The van der Waals surface area contributed by atoms with Gasteiger partial charge in [-0.15, -0.1) is 24.0 Å². The molecule has 33 heavy (non-hydrogen) atoms. The maximum atomic E-state index is 11.8. The summed E-state index contributed by atoms with van der Waals surface area (Å²) in [6.07, 6.45) is 1.67. The average molecular weight is 563 g/mol. The Balaban J connectivity index is 0.00000306. The van der Waals surface area contributed by atoms with Gasteiger partial charge >= 0.3 is 0 Å². The van der Waals surface area contributed by atoms with Gasteiger partial charge in [0.2, 0.25) is 5.91 Å². The molecular formula is C25H34IN5O2. The van der Waals surface area contributed by atoms with Gasteiger partial charge in [0, 0.05) is 71.0 Å². The third-order valence-corrected chi connectivity index (χ3v) is 6.23. The maximum Gasteiger partial charge on any atom is 0.222 e. The van der Waals surface area contributed by atoms with E-state index in [4.69, 9.17) is 4.74 Å². The number of nitrogens with one attached hydrogen (secondary N) is 1. The zero-order valence-corrected chi connectivity index (χ0v) is 21.8. The third kappa shape index (κ3) is 6.52. The minimum absolute atomic E-state index is 0. The SMILES string of the molecule is CN=C(NCc1ccc(CN2CCCC2=O)cc1)N1CCN(c2cccc(OC)c2)CC1.I. The third-order valence-electron chi connectivity index (χ3n) is 6.23. The van der Waals surface area contributed by atoms with E-state index in [1.807, 2.05) is 24.1 Å². The van der Waals surface area contributed by atoms with Crippen molar-refractivity contribution in [2.75, 3.05) is 51.8 Å². The molecule has 0 aliphatic carbocycles.